The number of rotatable bonds is 6. The zero-order valence-corrected chi connectivity index (χ0v) is 14.8. The fourth-order valence-electron chi connectivity index (χ4n) is 2.57. The van der Waals surface area contributed by atoms with Gasteiger partial charge in [-0.2, -0.15) is 0 Å². The van der Waals surface area contributed by atoms with E-state index in [2.05, 4.69) is 14.6 Å². The second-order valence-corrected chi connectivity index (χ2v) is 8.23. The normalized spacial score (nSPS) is 15.1. The minimum absolute atomic E-state index is 0.0239. The SMILES string of the molecule is O=S(=O)(NCCc1csc(N2CCCC2)n1)c1cc(F)c(F)cc1F. The Morgan fingerprint density at radius 3 is 2.52 bits per heavy atom. The Hall–Kier alpha value is -1.65. The van der Waals surface area contributed by atoms with Crippen molar-refractivity contribution in [2.75, 3.05) is 24.5 Å². The number of hydrogen-bond donors (Lipinski definition) is 1. The highest BCUT2D eigenvalue weighted by Crippen LogP contribution is 2.24. The number of benzene rings is 1. The third-order valence-electron chi connectivity index (χ3n) is 3.85. The van der Waals surface area contributed by atoms with Crippen LogP contribution < -0.4 is 9.62 Å². The molecule has 1 aliphatic rings. The fourth-order valence-corrected chi connectivity index (χ4v) is 4.58. The first kappa shape index (κ1) is 18.2. The van der Waals surface area contributed by atoms with E-state index in [1.54, 1.807) is 0 Å². The lowest BCUT2D eigenvalue weighted by molar-refractivity contribution is 0.481. The molecule has 0 radical (unpaired) electrons. The first-order chi connectivity index (χ1) is 11.9. The van der Waals surface area contributed by atoms with Crippen molar-refractivity contribution in [2.45, 2.75) is 24.2 Å². The van der Waals surface area contributed by atoms with Crippen molar-refractivity contribution in [1.29, 1.82) is 0 Å². The topological polar surface area (TPSA) is 62.3 Å². The van der Waals surface area contributed by atoms with Gasteiger partial charge in [0.25, 0.3) is 0 Å². The van der Waals surface area contributed by atoms with E-state index in [9.17, 15) is 21.6 Å². The highest BCUT2D eigenvalue weighted by atomic mass is 32.2. The summed E-state index contributed by atoms with van der Waals surface area (Å²) >= 11 is 1.49. The predicted molar refractivity (Wildman–Crippen MR) is 88.8 cm³/mol. The van der Waals surface area contributed by atoms with Gasteiger partial charge < -0.3 is 4.90 Å². The molecule has 1 aliphatic heterocycles. The van der Waals surface area contributed by atoms with Crippen LogP contribution >= 0.6 is 11.3 Å². The zero-order chi connectivity index (χ0) is 18.0. The van der Waals surface area contributed by atoms with Crippen LogP contribution in [0.15, 0.2) is 22.4 Å². The molecule has 1 aromatic heterocycles. The Labute approximate surface area is 147 Å². The van der Waals surface area contributed by atoms with E-state index in [0.717, 1.165) is 36.8 Å². The van der Waals surface area contributed by atoms with Gasteiger partial charge in [-0.25, -0.2) is 31.3 Å². The van der Waals surface area contributed by atoms with Gasteiger partial charge in [-0.3, -0.25) is 0 Å². The van der Waals surface area contributed by atoms with Crippen LogP contribution in [0.25, 0.3) is 0 Å². The number of nitrogens with zero attached hydrogens (tertiary/aromatic N) is 2. The molecule has 10 heteroatoms. The van der Waals surface area contributed by atoms with Gasteiger partial charge in [0, 0.05) is 37.5 Å². The van der Waals surface area contributed by atoms with E-state index in [0.29, 0.717) is 12.5 Å². The molecule has 0 aliphatic carbocycles. The van der Waals surface area contributed by atoms with Crippen molar-refractivity contribution in [3.63, 3.8) is 0 Å². The van der Waals surface area contributed by atoms with E-state index in [1.165, 1.54) is 11.3 Å². The van der Waals surface area contributed by atoms with Crippen molar-refractivity contribution in [2.24, 2.45) is 0 Å². The van der Waals surface area contributed by atoms with Gasteiger partial charge in [-0.1, -0.05) is 0 Å². The number of anilines is 1. The highest BCUT2D eigenvalue weighted by Gasteiger charge is 2.22. The second-order valence-electron chi connectivity index (χ2n) is 5.66. The van der Waals surface area contributed by atoms with Crippen LogP contribution in [0.1, 0.15) is 18.5 Å². The predicted octanol–water partition coefficient (Wildman–Crippen LogP) is 2.68. The minimum atomic E-state index is -4.28. The first-order valence-corrected chi connectivity index (χ1v) is 10.1. The Kier molecular flexibility index (Phi) is 5.30. The van der Waals surface area contributed by atoms with E-state index in [1.807, 2.05) is 5.38 Å². The Morgan fingerprint density at radius 2 is 1.80 bits per heavy atom. The Bertz CT molecular complexity index is 865. The van der Waals surface area contributed by atoms with E-state index >= 15 is 0 Å². The van der Waals surface area contributed by atoms with E-state index in [-0.39, 0.29) is 12.6 Å². The maximum atomic E-state index is 13.6. The lowest BCUT2D eigenvalue weighted by Gasteiger charge is -2.12. The molecule has 2 heterocycles. The lowest BCUT2D eigenvalue weighted by Crippen LogP contribution is -2.27. The molecular weight excluding hydrogens is 375 g/mol. The van der Waals surface area contributed by atoms with Crippen LogP contribution in [0.3, 0.4) is 0 Å². The molecule has 0 atom stereocenters. The quantitative estimate of drug-likeness (QED) is 0.769. The van der Waals surface area contributed by atoms with Gasteiger partial charge >= 0.3 is 0 Å². The lowest BCUT2D eigenvalue weighted by atomic mass is 10.3. The number of hydrogen-bond acceptors (Lipinski definition) is 5. The zero-order valence-electron chi connectivity index (χ0n) is 13.1. The third kappa shape index (κ3) is 4.13. The number of halogens is 3. The van der Waals surface area contributed by atoms with Crippen molar-refractivity contribution < 1.29 is 21.6 Å². The number of nitrogens with one attached hydrogen (secondary N) is 1. The van der Waals surface area contributed by atoms with Gasteiger partial charge in [0.2, 0.25) is 10.0 Å². The summed E-state index contributed by atoms with van der Waals surface area (Å²) in [6, 6.07) is 0.550. The van der Waals surface area contributed by atoms with E-state index in [4.69, 9.17) is 0 Å². The molecule has 0 spiro atoms. The molecule has 1 saturated heterocycles. The molecule has 0 amide bonds. The Morgan fingerprint density at radius 1 is 1.12 bits per heavy atom. The molecule has 136 valence electrons. The highest BCUT2D eigenvalue weighted by molar-refractivity contribution is 7.89. The molecule has 1 fully saturated rings. The summed E-state index contributed by atoms with van der Waals surface area (Å²) < 4.78 is 66.0. The van der Waals surface area contributed by atoms with Crippen LogP contribution in [0, 0.1) is 17.5 Å². The minimum Gasteiger partial charge on any atom is -0.348 e. The number of sulfonamides is 1. The van der Waals surface area contributed by atoms with Crippen molar-refractivity contribution in [1.82, 2.24) is 9.71 Å². The first-order valence-electron chi connectivity index (χ1n) is 7.70. The maximum absolute atomic E-state index is 13.6. The van der Waals surface area contributed by atoms with Gasteiger partial charge in [-0.15, -0.1) is 11.3 Å². The van der Waals surface area contributed by atoms with Crippen LogP contribution in [0.5, 0.6) is 0 Å². The van der Waals surface area contributed by atoms with Gasteiger partial charge in [0.05, 0.1) is 5.69 Å². The summed E-state index contributed by atoms with van der Waals surface area (Å²) in [5.41, 5.74) is 0.723. The molecule has 1 N–H and O–H groups in total. The third-order valence-corrected chi connectivity index (χ3v) is 6.28. The van der Waals surface area contributed by atoms with Crippen molar-refractivity contribution in [3.05, 3.63) is 40.7 Å². The summed E-state index contributed by atoms with van der Waals surface area (Å²) in [5.74, 6) is -4.19. The fraction of sp³-hybridized carbons (Fsp3) is 0.400. The number of aromatic nitrogens is 1. The summed E-state index contributed by atoms with van der Waals surface area (Å²) in [7, 11) is -4.28. The molecule has 0 unspecified atom stereocenters. The molecule has 25 heavy (non-hydrogen) atoms. The summed E-state index contributed by atoms with van der Waals surface area (Å²) in [4.78, 5) is 5.71. The van der Waals surface area contributed by atoms with E-state index < -0.39 is 32.4 Å². The second kappa shape index (κ2) is 7.30. The summed E-state index contributed by atoms with van der Waals surface area (Å²) in [5, 5.41) is 2.75. The molecule has 5 nitrogen and oxygen atoms in total. The molecular formula is C15H16F3N3O2S2. The Balaban J connectivity index is 1.62. The standard InChI is InChI=1S/C15H16F3N3O2S2/c16-11-7-13(18)14(8-12(11)17)25(22,23)19-4-3-10-9-24-15(20-10)21-5-1-2-6-21/h7-9,19H,1-6H2. The molecule has 3 rings (SSSR count). The molecule has 1 aromatic carbocycles. The molecule has 0 bridgehead atoms. The van der Waals surface area contributed by atoms with Crippen molar-refractivity contribution in [3.8, 4) is 0 Å². The summed E-state index contributed by atoms with van der Waals surface area (Å²) in [6.45, 7) is 1.91. The molecule has 0 saturated carbocycles. The summed E-state index contributed by atoms with van der Waals surface area (Å²) in [6.07, 6.45) is 2.58. The van der Waals surface area contributed by atoms with Crippen LogP contribution in [0.4, 0.5) is 18.3 Å². The number of thiazole rings is 1. The van der Waals surface area contributed by atoms with Gasteiger partial charge in [0.15, 0.2) is 16.8 Å². The average molecular weight is 391 g/mol. The van der Waals surface area contributed by atoms with Gasteiger partial charge in [-0.05, 0) is 18.9 Å². The largest absolute Gasteiger partial charge is 0.348 e. The van der Waals surface area contributed by atoms with Crippen LogP contribution in [0.2, 0.25) is 0 Å². The average Bonchev–Trinajstić information content (AvgIpc) is 3.21. The maximum Gasteiger partial charge on any atom is 0.243 e. The van der Waals surface area contributed by atoms with Crippen molar-refractivity contribution >= 4 is 26.5 Å². The monoisotopic (exact) mass is 391 g/mol. The van der Waals surface area contributed by atoms with Crippen LogP contribution in [-0.4, -0.2) is 33.0 Å². The molecule has 2 aromatic rings. The smallest absolute Gasteiger partial charge is 0.243 e. The van der Waals surface area contributed by atoms with Gasteiger partial charge in [0.1, 0.15) is 10.7 Å². The van der Waals surface area contributed by atoms with Crippen LogP contribution in [-0.2, 0) is 16.4 Å².